The van der Waals surface area contributed by atoms with E-state index in [1.54, 1.807) is 0 Å². The fourth-order valence-electron chi connectivity index (χ4n) is 2.79. The Kier molecular flexibility index (Phi) is 2.38. The highest BCUT2D eigenvalue weighted by molar-refractivity contribution is 4.81. The second-order valence-corrected chi connectivity index (χ2v) is 4.35. The largest absolute Gasteiger partial charge is 0.0625 e. The first kappa shape index (κ1) is 8.10. The molecule has 0 bridgehead atoms. The Labute approximate surface area is 65.0 Å². The Morgan fingerprint density at radius 3 is 1.60 bits per heavy atom. The van der Waals surface area contributed by atoms with Crippen LogP contribution in [-0.4, -0.2) is 0 Å². The molecule has 0 N–H and O–H groups in total. The van der Waals surface area contributed by atoms with Crippen molar-refractivity contribution in [2.75, 3.05) is 0 Å². The summed E-state index contributed by atoms with van der Waals surface area (Å²) in [5.41, 5.74) is 0. The lowest BCUT2D eigenvalue weighted by Crippen LogP contribution is -2.16. The third-order valence-corrected chi connectivity index (χ3v) is 3.16. The average Bonchev–Trinajstić information content (AvgIpc) is 2.11. The standard InChI is InChI=1S/C10H20/c1-7(2)10-8(3)5-6-9(10)4/h7-10H,5-6H2,1-4H3. The molecule has 2 atom stereocenters. The Morgan fingerprint density at radius 2 is 1.40 bits per heavy atom. The molecule has 0 spiro atoms. The molecule has 1 aliphatic carbocycles. The first-order chi connectivity index (χ1) is 4.63. The van der Waals surface area contributed by atoms with Crippen LogP contribution in [0.2, 0.25) is 0 Å². The predicted molar refractivity (Wildman–Crippen MR) is 45.9 cm³/mol. The van der Waals surface area contributed by atoms with Crippen molar-refractivity contribution < 1.29 is 0 Å². The lowest BCUT2D eigenvalue weighted by Gasteiger charge is -2.23. The van der Waals surface area contributed by atoms with Gasteiger partial charge in [-0.3, -0.25) is 0 Å². The van der Waals surface area contributed by atoms with Gasteiger partial charge < -0.3 is 0 Å². The van der Waals surface area contributed by atoms with Crippen molar-refractivity contribution in [1.82, 2.24) is 0 Å². The highest BCUT2D eigenvalue weighted by Crippen LogP contribution is 2.40. The molecule has 0 aromatic rings. The topological polar surface area (TPSA) is 0 Å². The molecule has 60 valence electrons. The number of hydrogen-bond acceptors (Lipinski definition) is 0. The van der Waals surface area contributed by atoms with Crippen LogP contribution in [0.5, 0.6) is 0 Å². The predicted octanol–water partition coefficient (Wildman–Crippen LogP) is 3.32. The maximum absolute atomic E-state index is 2.41. The molecular formula is C10H20. The van der Waals surface area contributed by atoms with Gasteiger partial charge >= 0.3 is 0 Å². The molecule has 0 nitrogen and oxygen atoms in total. The van der Waals surface area contributed by atoms with Crippen molar-refractivity contribution >= 4 is 0 Å². The highest BCUT2D eigenvalue weighted by Gasteiger charge is 2.31. The highest BCUT2D eigenvalue weighted by atomic mass is 14.4. The van der Waals surface area contributed by atoms with E-state index in [0.717, 1.165) is 23.7 Å². The maximum Gasteiger partial charge on any atom is -0.0340 e. The van der Waals surface area contributed by atoms with Crippen LogP contribution < -0.4 is 0 Å². The van der Waals surface area contributed by atoms with E-state index in [1.165, 1.54) is 12.8 Å². The smallest absolute Gasteiger partial charge is 0.0340 e. The summed E-state index contributed by atoms with van der Waals surface area (Å²) in [6.07, 6.45) is 2.92. The first-order valence-electron chi connectivity index (χ1n) is 4.63. The van der Waals surface area contributed by atoms with Crippen molar-refractivity contribution in [3.63, 3.8) is 0 Å². The van der Waals surface area contributed by atoms with Crippen LogP contribution >= 0.6 is 0 Å². The first-order valence-corrected chi connectivity index (χ1v) is 4.63. The Balaban J connectivity index is 2.54. The van der Waals surface area contributed by atoms with Gasteiger partial charge in [-0.2, -0.15) is 0 Å². The lowest BCUT2D eigenvalue weighted by molar-refractivity contribution is 0.256. The van der Waals surface area contributed by atoms with Gasteiger partial charge in [-0.05, 0) is 23.7 Å². The van der Waals surface area contributed by atoms with Crippen molar-refractivity contribution in [3.05, 3.63) is 0 Å². The molecule has 1 fully saturated rings. The molecule has 0 amide bonds. The molecule has 1 aliphatic rings. The van der Waals surface area contributed by atoms with Gasteiger partial charge in [0.15, 0.2) is 0 Å². The fraction of sp³-hybridized carbons (Fsp3) is 1.00. The molecule has 0 aromatic carbocycles. The van der Waals surface area contributed by atoms with Crippen molar-refractivity contribution in [2.24, 2.45) is 23.7 Å². The number of rotatable bonds is 1. The molecule has 1 rings (SSSR count). The van der Waals surface area contributed by atoms with Gasteiger partial charge in [0.05, 0.1) is 0 Å². The zero-order valence-corrected chi connectivity index (χ0v) is 7.72. The lowest BCUT2D eigenvalue weighted by atomic mass is 9.82. The molecule has 1 saturated carbocycles. The Hall–Kier alpha value is 0. The Bertz CT molecular complexity index is 94.6. The molecule has 0 heteroatoms. The van der Waals surface area contributed by atoms with Gasteiger partial charge in [0, 0.05) is 0 Å². The summed E-state index contributed by atoms with van der Waals surface area (Å²) in [7, 11) is 0. The summed E-state index contributed by atoms with van der Waals surface area (Å²) in [6, 6.07) is 0. The van der Waals surface area contributed by atoms with Crippen molar-refractivity contribution in [2.45, 2.75) is 40.5 Å². The molecule has 2 unspecified atom stereocenters. The van der Waals surface area contributed by atoms with Crippen LogP contribution in [0, 0.1) is 23.7 Å². The Morgan fingerprint density at radius 1 is 1.00 bits per heavy atom. The zero-order valence-electron chi connectivity index (χ0n) is 7.72. The van der Waals surface area contributed by atoms with Crippen LogP contribution in [0.1, 0.15) is 40.5 Å². The van der Waals surface area contributed by atoms with Crippen molar-refractivity contribution in [3.8, 4) is 0 Å². The summed E-state index contributed by atoms with van der Waals surface area (Å²) in [4.78, 5) is 0. The average molecular weight is 140 g/mol. The second-order valence-electron chi connectivity index (χ2n) is 4.35. The number of hydrogen-bond donors (Lipinski definition) is 0. The fourth-order valence-corrected chi connectivity index (χ4v) is 2.79. The SMILES string of the molecule is CC(C)C1C(C)CCC1C. The van der Waals surface area contributed by atoms with E-state index in [4.69, 9.17) is 0 Å². The van der Waals surface area contributed by atoms with Gasteiger partial charge in [0.1, 0.15) is 0 Å². The van der Waals surface area contributed by atoms with E-state index in [0.29, 0.717) is 0 Å². The van der Waals surface area contributed by atoms with Crippen molar-refractivity contribution in [1.29, 1.82) is 0 Å². The van der Waals surface area contributed by atoms with E-state index in [-0.39, 0.29) is 0 Å². The molecule has 0 aliphatic heterocycles. The second kappa shape index (κ2) is 2.94. The van der Waals surface area contributed by atoms with Gasteiger partial charge in [-0.25, -0.2) is 0 Å². The van der Waals surface area contributed by atoms with Crippen LogP contribution in [0.15, 0.2) is 0 Å². The van der Waals surface area contributed by atoms with E-state index >= 15 is 0 Å². The molecule has 0 aromatic heterocycles. The molecular weight excluding hydrogens is 120 g/mol. The van der Waals surface area contributed by atoms with Crippen LogP contribution in [0.4, 0.5) is 0 Å². The van der Waals surface area contributed by atoms with Crippen LogP contribution in [-0.2, 0) is 0 Å². The van der Waals surface area contributed by atoms with E-state index in [1.807, 2.05) is 0 Å². The molecule has 10 heavy (non-hydrogen) atoms. The van der Waals surface area contributed by atoms with E-state index in [9.17, 15) is 0 Å². The summed E-state index contributed by atoms with van der Waals surface area (Å²) in [5.74, 6) is 3.86. The minimum atomic E-state index is 0.896. The third kappa shape index (κ3) is 1.36. The molecule has 0 saturated heterocycles. The monoisotopic (exact) mass is 140 g/mol. The normalized spacial score (nSPS) is 41.1. The summed E-state index contributed by atoms with van der Waals surface area (Å²) >= 11 is 0. The summed E-state index contributed by atoms with van der Waals surface area (Å²) in [6.45, 7) is 9.55. The van der Waals surface area contributed by atoms with Gasteiger partial charge in [0.25, 0.3) is 0 Å². The quantitative estimate of drug-likeness (QED) is 0.524. The molecule has 0 radical (unpaired) electrons. The third-order valence-electron chi connectivity index (χ3n) is 3.16. The van der Waals surface area contributed by atoms with Gasteiger partial charge in [0.2, 0.25) is 0 Å². The van der Waals surface area contributed by atoms with E-state index < -0.39 is 0 Å². The minimum absolute atomic E-state index is 0.896. The zero-order chi connectivity index (χ0) is 7.72. The van der Waals surface area contributed by atoms with Crippen LogP contribution in [0.25, 0.3) is 0 Å². The minimum Gasteiger partial charge on any atom is -0.0625 e. The van der Waals surface area contributed by atoms with Gasteiger partial charge in [-0.1, -0.05) is 40.5 Å². The maximum atomic E-state index is 2.41. The molecule has 0 heterocycles. The van der Waals surface area contributed by atoms with Gasteiger partial charge in [-0.15, -0.1) is 0 Å². The summed E-state index contributed by atoms with van der Waals surface area (Å²) in [5, 5.41) is 0. The summed E-state index contributed by atoms with van der Waals surface area (Å²) < 4.78 is 0. The van der Waals surface area contributed by atoms with E-state index in [2.05, 4.69) is 27.7 Å². The van der Waals surface area contributed by atoms with Crippen LogP contribution in [0.3, 0.4) is 0 Å².